The highest BCUT2D eigenvalue weighted by Gasteiger charge is 2.22. The molecule has 0 aromatic carbocycles. The van der Waals surface area contributed by atoms with Crippen LogP contribution < -0.4 is 5.32 Å². The van der Waals surface area contributed by atoms with Crippen LogP contribution in [0.2, 0.25) is 0 Å². The second kappa shape index (κ2) is 5.77. The highest BCUT2D eigenvalue weighted by molar-refractivity contribution is 5.93. The molecule has 1 amide bonds. The standard InChI is InChI=1S/C15H22N4O/c1-11-16-13(15(20)19-8-4-5-9-19)10-14(17-11)18-12-6-2-3-7-12/h10,12H,2-9H2,1H3,(H,16,17,18). The van der Waals surface area contributed by atoms with Crippen molar-refractivity contribution in [2.24, 2.45) is 0 Å². The largest absolute Gasteiger partial charge is 0.367 e. The maximum atomic E-state index is 12.4. The van der Waals surface area contributed by atoms with Gasteiger partial charge in [0.05, 0.1) is 0 Å². The predicted molar refractivity (Wildman–Crippen MR) is 77.8 cm³/mol. The lowest BCUT2D eigenvalue weighted by Gasteiger charge is -2.17. The third-order valence-electron chi connectivity index (χ3n) is 4.16. The third-order valence-corrected chi connectivity index (χ3v) is 4.16. The molecule has 1 N–H and O–H groups in total. The summed E-state index contributed by atoms with van der Waals surface area (Å²) in [6, 6.07) is 2.31. The van der Waals surface area contributed by atoms with Crippen molar-refractivity contribution in [3.05, 3.63) is 17.6 Å². The van der Waals surface area contributed by atoms with E-state index in [1.807, 2.05) is 17.9 Å². The Hall–Kier alpha value is -1.65. The van der Waals surface area contributed by atoms with Crippen molar-refractivity contribution in [1.29, 1.82) is 0 Å². The molecule has 0 atom stereocenters. The molecule has 0 radical (unpaired) electrons. The average molecular weight is 274 g/mol. The minimum Gasteiger partial charge on any atom is -0.367 e. The van der Waals surface area contributed by atoms with Gasteiger partial charge in [0.1, 0.15) is 17.3 Å². The Bertz CT molecular complexity index is 491. The Morgan fingerprint density at radius 1 is 1.20 bits per heavy atom. The van der Waals surface area contributed by atoms with Crippen molar-refractivity contribution < 1.29 is 4.79 Å². The van der Waals surface area contributed by atoms with Crippen LogP contribution in [0.15, 0.2) is 6.07 Å². The van der Waals surface area contributed by atoms with Crippen molar-refractivity contribution >= 4 is 11.7 Å². The SMILES string of the molecule is Cc1nc(NC2CCCC2)cc(C(=O)N2CCCC2)n1. The number of anilines is 1. The topological polar surface area (TPSA) is 58.1 Å². The smallest absolute Gasteiger partial charge is 0.272 e. The molecular formula is C15H22N4O. The van der Waals surface area contributed by atoms with E-state index >= 15 is 0 Å². The Morgan fingerprint density at radius 2 is 1.90 bits per heavy atom. The predicted octanol–water partition coefficient (Wildman–Crippen LogP) is 2.38. The molecule has 2 heterocycles. The lowest BCUT2D eigenvalue weighted by atomic mass is 10.2. The molecule has 108 valence electrons. The Balaban J connectivity index is 1.76. The quantitative estimate of drug-likeness (QED) is 0.919. The van der Waals surface area contributed by atoms with E-state index < -0.39 is 0 Å². The van der Waals surface area contributed by atoms with Gasteiger partial charge in [0, 0.05) is 25.2 Å². The average Bonchev–Trinajstić information content (AvgIpc) is 3.09. The van der Waals surface area contributed by atoms with Crippen LogP contribution in [0, 0.1) is 6.92 Å². The Labute approximate surface area is 119 Å². The molecule has 5 nitrogen and oxygen atoms in total. The number of hydrogen-bond acceptors (Lipinski definition) is 4. The Kier molecular flexibility index (Phi) is 3.85. The number of aromatic nitrogens is 2. The number of rotatable bonds is 3. The summed E-state index contributed by atoms with van der Waals surface area (Å²) in [7, 11) is 0. The summed E-state index contributed by atoms with van der Waals surface area (Å²) in [6.45, 7) is 3.56. The molecule has 1 saturated heterocycles. The highest BCUT2D eigenvalue weighted by atomic mass is 16.2. The number of nitrogens with zero attached hydrogens (tertiary/aromatic N) is 3. The number of aryl methyl sites for hydroxylation is 1. The zero-order chi connectivity index (χ0) is 13.9. The molecule has 5 heteroatoms. The zero-order valence-corrected chi connectivity index (χ0v) is 12.1. The molecular weight excluding hydrogens is 252 g/mol. The van der Waals surface area contributed by atoms with Gasteiger partial charge in [-0.15, -0.1) is 0 Å². The lowest BCUT2D eigenvalue weighted by molar-refractivity contribution is 0.0786. The van der Waals surface area contributed by atoms with Crippen LogP contribution in [0.1, 0.15) is 54.8 Å². The fourth-order valence-corrected chi connectivity index (χ4v) is 3.11. The maximum absolute atomic E-state index is 12.4. The summed E-state index contributed by atoms with van der Waals surface area (Å²) in [5, 5.41) is 3.45. The van der Waals surface area contributed by atoms with Crippen LogP contribution in [0.25, 0.3) is 0 Å². The van der Waals surface area contributed by atoms with Crippen LogP contribution in [0.4, 0.5) is 5.82 Å². The molecule has 1 aromatic rings. The van der Waals surface area contributed by atoms with E-state index in [9.17, 15) is 4.79 Å². The zero-order valence-electron chi connectivity index (χ0n) is 12.1. The molecule has 20 heavy (non-hydrogen) atoms. The molecule has 0 unspecified atom stereocenters. The van der Waals surface area contributed by atoms with E-state index in [2.05, 4.69) is 15.3 Å². The van der Waals surface area contributed by atoms with E-state index in [1.165, 1.54) is 25.7 Å². The van der Waals surface area contributed by atoms with Gasteiger partial charge >= 0.3 is 0 Å². The van der Waals surface area contributed by atoms with Crippen LogP contribution in [-0.2, 0) is 0 Å². The molecule has 1 saturated carbocycles. The van der Waals surface area contributed by atoms with E-state index in [-0.39, 0.29) is 5.91 Å². The minimum atomic E-state index is 0.0440. The van der Waals surface area contributed by atoms with E-state index in [0.29, 0.717) is 17.6 Å². The summed E-state index contributed by atoms with van der Waals surface area (Å²) >= 11 is 0. The molecule has 2 fully saturated rings. The monoisotopic (exact) mass is 274 g/mol. The van der Waals surface area contributed by atoms with Gasteiger partial charge < -0.3 is 10.2 Å². The summed E-state index contributed by atoms with van der Waals surface area (Å²) in [5.74, 6) is 1.50. The van der Waals surface area contributed by atoms with Gasteiger partial charge in [-0.1, -0.05) is 12.8 Å². The highest BCUT2D eigenvalue weighted by Crippen LogP contribution is 2.22. The van der Waals surface area contributed by atoms with Crippen LogP contribution in [-0.4, -0.2) is 39.9 Å². The maximum Gasteiger partial charge on any atom is 0.272 e. The molecule has 0 bridgehead atoms. The fraction of sp³-hybridized carbons (Fsp3) is 0.667. The summed E-state index contributed by atoms with van der Waals surface area (Å²) in [6.07, 6.45) is 7.14. The van der Waals surface area contributed by atoms with Crippen molar-refractivity contribution in [2.75, 3.05) is 18.4 Å². The number of carbonyl (C=O) groups excluding carboxylic acids is 1. The van der Waals surface area contributed by atoms with E-state index in [0.717, 1.165) is 31.7 Å². The third kappa shape index (κ3) is 2.92. The summed E-state index contributed by atoms with van der Waals surface area (Å²) in [5.41, 5.74) is 0.528. The van der Waals surface area contributed by atoms with Gasteiger partial charge in [-0.25, -0.2) is 9.97 Å². The molecule has 1 aromatic heterocycles. The first kappa shape index (κ1) is 13.3. The van der Waals surface area contributed by atoms with Gasteiger partial charge in [0.25, 0.3) is 5.91 Å². The van der Waals surface area contributed by atoms with Crippen LogP contribution in [0.3, 0.4) is 0 Å². The fourth-order valence-electron chi connectivity index (χ4n) is 3.11. The van der Waals surface area contributed by atoms with Crippen molar-refractivity contribution in [1.82, 2.24) is 14.9 Å². The molecule has 1 aliphatic carbocycles. The van der Waals surface area contributed by atoms with Gasteiger partial charge in [-0.05, 0) is 32.6 Å². The van der Waals surface area contributed by atoms with Crippen molar-refractivity contribution in [2.45, 2.75) is 51.5 Å². The van der Waals surface area contributed by atoms with E-state index in [1.54, 1.807) is 0 Å². The summed E-state index contributed by atoms with van der Waals surface area (Å²) < 4.78 is 0. The normalized spacial score (nSPS) is 19.6. The number of carbonyl (C=O) groups is 1. The molecule has 0 spiro atoms. The lowest BCUT2D eigenvalue weighted by Crippen LogP contribution is -2.29. The summed E-state index contributed by atoms with van der Waals surface area (Å²) in [4.78, 5) is 23.0. The van der Waals surface area contributed by atoms with Gasteiger partial charge in [-0.3, -0.25) is 4.79 Å². The number of nitrogens with one attached hydrogen (secondary N) is 1. The van der Waals surface area contributed by atoms with Gasteiger partial charge in [0.15, 0.2) is 0 Å². The number of likely N-dealkylation sites (tertiary alicyclic amines) is 1. The first-order valence-electron chi connectivity index (χ1n) is 7.64. The minimum absolute atomic E-state index is 0.0440. The van der Waals surface area contributed by atoms with Gasteiger partial charge in [0.2, 0.25) is 0 Å². The van der Waals surface area contributed by atoms with Crippen LogP contribution >= 0.6 is 0 Å². The van der Waals surface area contributed by atoms with Crippen molar-refractivity contribution in [3.63, 3.8) is 0 Å². The first-order chi connectivity index (χ1) is 9.72. The molecule has 3 rings (SSSR count). The van der Waals surface area contributed by atoms with Crippen molar-refractivity contribution in [3.8, 4) is 0 Å². The molecule has 2 aliphatic rings. The number of hydrogen-bond donors (Lipinski definition) is 1. The van der Waals surface area contributed by atoms with Gasteiger partial charge in [-0.2, -0.15) is 0 Å². The van der Waals surface area contributed by atoms with E-state index in [4.69, 9.17) is 0 Å². The van der Waals surface area contributed by atoms with Crippen LogP contribution in [0.5, 0.6) is 0 Å². The Morgan fingerprint density at radius 3 is 2.60 bits per heavy atom. The second-order valence-corrected chi connectivity index (χ2v) is 5.81. The second-order valence-electron chi connectivity index (χ2n) is 5.81. The first-order valence-corrected chi connectivity index (χ1v) is 7.64. The molecule has 1 aliphatic heterocycles. The number of amides is 1.